The standard InChI is InChI=1S/C17H18N2O3S/c1-11-9-12(17(20)18(2)3)10-14-13-7-5-6-8-15(13)23(21,22)19(4)16(11)14/h5-10H,1-4H3. The number of carbonyl (C=O) groups is 1. The Hall–Kier alpha value is -2.34. The first-order chi connectivity index (χ1) is 10.7. The van der Waals surface area contributed by atoms with Crippen LogP contribution in [0, 0.1) is 6.92 Å². The molecule has 1 aliphatic rings. The second-order valence-corrected chi connectivity index (χ2v) is 7.80. The topological polar surface area (TPSA) is 57.7 Å². The summed E-state index contributed by atoms with van der Waals surface area (Å²) in [5.74, 6) is -0.107. The lowest BCUT2D eigenvalue weighted by molar-refractivity contribution is 0.0827. The van der Waals surface area contributed by atoms with Gasteiger partial charge in [0.1, 0.15) is 0 Å². The van der Waals surface area contributed by atoms with Crippen LogP contribution in [0.5, 0.6) is 0 Å². The van der Waals surface area contributed by atoms with E-state index in [4.69, 9.17) is 0 Å². The molecule has 120 valence electrons. The summed E-state index contributed by atoms with van der Waals surface area (Å²) < 4.78 is 26.7. The second kappa shape index (κ2) is 5.09. The Balaban J connectivity index is 2.36. The third kappa shape index (κ3) is 2.21. The van der Waals surface area contributed by atoms with Gasteiger partial charge in [-0.3, -0.25) is 9.10 Å². The first-order valence-electron chi connectivity index (χ1n) is 7.20. The van der Waals surface area contributed by atoms with E-state index in [1.807, 2.05) is 6.92 Å². The highest BCUT2D eigenvalue weighted by Crippen LogP contribution is 2.44. The zero-order valence-corrected chi connectivity index (χ0v) is 14.3. The minimum atomic E-state index is -3.57. The molecule has 0 unspecified atom stereocenters. The van der Waals surface area contributed by atoms with Crippen LogP contribution in [0.3, 0.4) is 0 Å². The predicted octanol–water partition coefficient (Wildman–Crippen LogP) is 2.50. The van der Waals surface area contributed by atoms with Crippen molar-refractivity contribution in [1.29, 1.82) is 0 Å². The van der Waals surface area contributed by atoms with E-state index in [2.05, 4.69) is 0 Å². The number of anilines is 1. The van der Waals surface area contributed by atoms with Crippen molar-refractivity contribution in [3.05, 3.63) is 47.5 Å². The quantitative estimate of drug-likeness (QED) is 0.807. The summed E-state index contributed by atoms with van der Waals surface area (Å²) in [6.07, 6.45) is 0. The number of hydrogen-bond acceptors (Lipinski definition) is 3. The molecule has 0 spiro atoms. The van der Waals surface area contributed by atoms with Crippen molar-refractivity contribution in [3.8, 4) is 11.1 Å². The highest BCUT2D eigenvalue weighted by atomic mass is 32.2. The van der Waals surface area contributed by atoms with Gasteiger partial charge in [0.05, 0.1) is 10.6 Å². The Morgan fingerprint density at radius 1 is 1.09 bits per heavy atom. The highest BCUT2D eigenvalue weighted by molar-refractivity contribution is 7.93. The van der Waals surface area contributed by atoms with Gasteiger partial charge in [-0.05, 0) is 30.7 Å². The van der Waals surface area contributed by atoms with Gasteiger partial charge in [-0.1, -0.05) is 18.2 Å². The fraction of sp³-hybridized carbons (Fsp3) is 0.235. The Morgan fingerprint density at radius 3 is 2.39 bits per heavy atom. The average molecular weight is 330 g/mol. The Labute approximate surface area is 136 Å². The molecule has 1 amide bonds. The fourth-order valence-corrected chi connectivity index (χ4v) is 4.45. The van der Waals surface area contributed by atoms with E-state index in [0.29, 0.717) is 16.8 Å². The van der Waals surface area contributed by atoms with Crippen molar-refractivity contribution < 1.29 is 13.2 Å². The number of rotatable bonds is 1. The van der Waals surface area contributed by atoms with Gasteiger partial charge in [0, 0.05) is 37.8 Å². The van der Waals surface area contributed by atoms with Crippen molar-refractivity contribution in [2.45, 2.75) is 11.8 Å². The summed E-state index contributed by atoms with van der Waals surface area (Å²) in [7, 11) is 1.37. The van der Waals surface area contributed by atoms with E-state index >= 15 is 0 Å². The summed E-state index contributed by atoms with van der Waals surface area (Å²) in [4.78, 5) is 14.1. The van der Waals surface area contributed by atoms with E-state index < -0.39 is 10.0 Å². The Kier molecular flexibility index (Phi) is 3.44. The van der Waals surface area contributed by atoms with E-state index in [9.17, 15) is 13.2 Å². The zero-order chi connectivity index (χ0) is 16.9. The van der Waals surface area contributed by atoms with Gasteiger partial charge >= 0.3 is 0 Å². The van der Waals surface area contributed by atoms with Crippen molar-refractivity contribution in [2.24, 2.45) is 0 Å². The minimum absolute atomic E-state index is 0.107. The van der Waals surface area contributed by atoms with E-state index in [1.54, 1.807) is 57.5 Å². The molecule has 0 atom stereocenters. The molecular weight excluding hydrogens is 312 g/mol. The van der Waals surface area contributed by atoms with Crippen LogP contribution in [0.4, 0.5) is 5.69 Å². The van der Waals surface area contributed by atoms with Gasteiger partial charge in [0.2, 0.25) is 0 Å². The summed E-state index contributed by atoms with van der Waals surface area (Å²) >= 11 is 0. The number of fused-ring (bicyclic) bond motifs is 3. The molecule has 0 saturated heterocycles. The van der Waals surface area contributed by atoms with Crippen molar-refractivity contribution in [2.75, 3.05) is 25.4 Å². The summed E-state index contributed by atoms with van der Waals surface area (Å²) in [5, 5.41) is 0. The van der Waals surface area contributed by atoms with Gasteiger partial charge in [0.15, 0.2) is 0 Å². The van der Waals surface area contributed by atoms with Crippen LogP contribution >= 0.6 is 0 Å². The maximum atomic E-state index is 12.7. The normalized spacial score (nSPS) is 14.9. The molecule has 2 aromatic rings. The number of amides is 1. The summed E-state index contributed by atoms with van der Waals surface area (Å²) in [5.41, 5.74) is 3.33. The average Bonchev–Trinajstić information content (AvgIpc) is 2.51. The lowest BCUT2D eigenvalue weighted by atomic mass is 9.96. The van der Waals surface area contributed by atoms with Crippen LogP contribution < -0.4 is 4.31 Å². The van der Waals surface area contributed by atoms with Crippen LogP contribution in [0.15, 0.2) is 41.3 Å². The maximum Gasteiger partial charge on any atom is 0.264 e. The monoisotopic (exact) mass is 330 g/mol. The largest absolute Gasteiger partial charge is 0.345 e. The van der Waals surface area contributed by atoms with Crippen LogP contribution in [0.2, 0.25) is 0 Å². The lowest BCUT2D eigenvalue weighted by Gasteiger charge is -2.31. The summed E-state index contributed by atoms with van der Waals surface area (Å²) in [6.45, 7) is 1.82. The molecule has 1 heterocycles. The molecule has 0 radical (unpaired) electrons. The Morgan fingerprint density at radius 2 is 1.74 bits per heavy atom. The van der Waals surface area contributed by atoms with Gasteiger partial charge in [-0.25, -0.2) is 8.42 Å². The minimum Gasteiger partial charge on any atom is -0.345 e. The third-order valence-corrected chi connectivity index (χ3v) is 5.90. The lowest BCUT2D eigenvalue weighted by Crippen LogP contribution is -2.31. The number of sulfonamides is 1. The molecule has 3 rings (SSSR count). The maximum absolute atomic E-state index is 12.7. The summed E-state index contributed by atoms with van der Waals surface area (Å²) in [6, 6.07) is 10.4. The van der Waals surface area contributed by atoms with Gasteiger partial charge < -0.3 is 4.90 Å². The van der Waals surface area contributed by atoms with Gasteiger partial charge in [0.25, 0.3) is 15.9 Å². The number of hydrogen-bond donors (Lipinski definition) is 0. The van der Waals surface area contributed by atoms with Crippen LogP contribution in [0.25, 0.3) is 11.1 Å². The van der Waals surface area contributed by atoms with Gasteiger partial charge in [-0.2, -0.15) is 0 Å². The van der Waals surface area contributed by atoms with Crippen molar-refractivity contribution in [3.63, 3.8) is 0 Å². The molecule has 0 bridgehead atoms. The molecule has 0 aliphatic carbocycles. The molecule has 0 aromatic heterocycles. The molecule has 1 aliphatic heterocycles. The number of nitrogens with zero attached hydrogens (tertiary/aromatic N) is 2. The first-order valence-corrected chi connectivity index (χ1v) is 8.64. The molecule has 2 aromatic carbocycles. The smallest absolute Gasteiger partial charge is 0.264 e. The second-order valence-electron chi connectivity index (χ2n) is 5.86. The number of benzene rings is 2. The number of carbonyl (C=O) groups excluding carboxylic acids is 1. The molecule has 5 nitrogen and oxygen atoms in total. The Bertz CT molecular complexity index is 917. The predicted molar refractivity (Wildman–Crippen MR) is 90.2 cm³/mol. The van der Waals surface area contributed by atoms with Gasteiger partial charge in [-0.15, -0.1) is 0 Å². The fourth-order valence-electron chi connectivity index (χ4n) is 2.97. The van der Waals surface area contributed by atoms with E-state index in [0.717, 1.165) is 11.1 Å². The van der Waals surface area contributed by atoms with Crippen LogP contribution in [-0.2, 0) is 10.0 Å². The highest BCUT2D eigenvalue weighted by Gasteiger charge is 2.33. The number of aryl methyl sites for hydroxylation is 1. The zero-order valence-electron chi connectivity index (χ0n) is 13.5. The third-order valence-electron chi connectivity index (χ3n) is 4.08. The molecular formula is C17H18N2O3S. The molecule has 0 saturated carbocycles. The molecule has 0 N–H and O–H groups in total. The molecule has 6 heteroatoms. The van der Waals surface area contributed by atoms with Crippen molar-refractivity contribution >= 4 is 21.6 Å². The van der Waals surface area contributed by atoms with E-state index in [-0.39, 0.29) is 10.8 Å². The van der Waals surface area contributed by atoms with Crippen molar-refractivity contribution in [1.82, 2.24) is 4.90 Å². The SMILES string of the molecule is Cc1cc(C(=O)N(C)C)cc2c1N(C)S(=O)(=O)c1ccccc1-2. The molecule has 0 fully saturated rings. The first kappa shape index (κ1) is 15.6. The van der Waals surface area contributed by atoms with Crippen LogP contribution in [-0.4, -0.2) is 40.4 Å². The van der Waals surface area contributed by atoms with E-state index in [1.165, 1.54) is 9.21 Å². The molecule has 23 heavy (non-hydrogen) atoms. The van der Waals surface area contributed by atoms with Crippen LogP contribution in [0.1, 0.15) is 15.9 Å².